The minimum Gasteiger partial charge on any atom is -0.378 e. The van der Waals surface area contributed by atoms with Crippen LogP contribution in [0, 0.1) is 0 Å². The molecule has 4 nitrogen and oxygen atoms in total. The summed E-state index contributed by atoms with van der Waals surface area (Å²) in [6.45, 7) is 1.59. The Morgan fingerprint density at radius 1 is 0.611 bits per heavy atom. The quantitative estimate of drug-likeness (QED) is 0.283. The zero-order valence-corrected chi connectivity index (χ0v) is 21.1. The number of rotatable bonds is 9. The Morgan fingerprint density at radius 3 is 1.56 bits per heavy atom. The highest BCUT2D eigenvalue weighted by Crippen LogP contribution is 2.52. The summed E-state index contributed by atoms with van der Waals surface area (Å²) in [4.78, 5) is 0. The van der Waals surface area contributed by atoms with Crippen LogP contribution < -0.4 is 10.6 Å². The third-order valence-corrected chi connectivity index (χ3v) is 10.2. The predicted molar refractivity (Wildman–Crippen MR) is 144 cm³/mol. The highest BCUT2D eigenvalue weighted by Gasteiger charge is 2.48. The van der Waals surface area contributed by atoms with Gasteiger partial charge in [-0.1, -0.05) is 121 Å². The zero-order valence-electron chi connectivity index (χ0n) is 20.2. The summed E-state index contributed by atoms with van der Waals surface area (Å²) < 4.78 is 34.3. The van der Waals surface area contributed by atoms with E-state index in [4.69, 9.17) is 14.2 Å². The molecule has 0 aromatic heterocycles. The highest BCUT2D eigenvalue weighted by atomic mass is 31.2. The van der Waals surface area contributed by atoms with Gasteiger partial charge in [0.05, 0.1) is 38.2 Å². The SMILES string of the molecule is O=P(c1ccccc1)(c1ccccc1)[C@H]1COC[C@H](OCc2ccccc2)[C@@H]1OCc1ccccc1. The van der Waals surface area contributed by atoms with Gasteiger partial charge in [0, 0.05) is 10.6 Å². The van der Waals surface area contributed by atoms with Gasteiger partial charge in [-0.2, -0.15) is 0 Å². The van der Waals surface area contributed by atoms with Gasteiger partial charge in [-0.15, -0.1) is 0 Å². The van der Waals surface area contributed by atoms with E-state index in [-0.39, 0.29) is 11.8 Å². The van der Waals surface area contributed by atoms with E-state index in [0.29, 0.717) is 26.4 Å². The van der Waals surface area contributed by atoms with Crippen molar-refractivity contribution in [3.05, 3.63) is 132 Å². The van der Waals surface area contributed by atoms with E-state index in [0.717, 1.165) is 21.7 Å². The maximum absolute atomic E-state index is 15.2. The molecule has 0 bridgehead atoms. The average molecular weight is 499 g/mol. The van der Waals surface area contributed by atoms with Gasteiger partial charge >= 0.3 is 0 Å². The molecule has 1 aliphatic heterocycles. The first-order valence-corrected chi connectivity index (χ1v) is 14.1. The molecule has 1 aliphatic rings. The molecule has 4 aromatic carbocycles. The van der Waals surface area contributed by atoms with E-state index in [1.54, 1.807) is 0 Å². The van der Waals surface area contributed by atoms with E-state index in [2.05, 4.69) is 0 Å². The largest absolute Gasteiger partial charge is 0.378 e. The number of benzene rings is 4. The topological polar surface area (TPSA) is 44.8 Å². The van der Waals surface area contributed by atoms with Crippen molar-refractivity contribution in [2.45, 2.75) is 31.1 Å². The number of hydrogen-bond donors (Lipinski definition) is 0. The van der Waals surface area contributed by atoms with Gasteiger partial charge in [0.25, 0.3) is 0 Å². The van der Waals surface area contributed by atoms with Crippen molar-refractivity contribution >= 4 is 17.8 Å². The lowest BCUT2D eigenvalue weighted by atomic mass is 10.1. The van der Waals surface area contributed by atoms with Gasteiger partial charge < -0.3 is 18.8 Å². The Labute approximate surface area is 213 Å². The molecule has 0 N–H and O–H groups in total. The summed E-state index contributed by atoms with van der Waals surface area (Å²) >= 11 is 0. The van der Waals surface area contributed by atoms with Crippen LogP contribution in [0.4, 0.5) is 0 Å². The van der Waals surface area contributed by atoms with E-state index in [1.165, 1.54) is 0 Å². The number of hydrogen-bond acceptors (Lipinski definition) is 4. The van der Waals surface area contributed by atoms with Crippen LogP contribution >= 0.6 is 7.14 Å². The molecule has 0 aliphatic carbocycles. The van der Waals surface area contributed by atoms with Crippen LogP contribution in [0.1, 0.15) is 11.1 Å². The molecule has 184 valence electrons. The molecule has 4 aromatic rings. The minimum atomic E-state index is -3.14. The van der Waals surface area contributed by atoms with Crippen molar-refractivity contribution in [1.82, 2.24) is 0 Å². The predicted octanol–water partition coefficient (Wildman–Crippen LogP) is 5.57. The lowest BCUT2D eigenvalue weighted by Crippen LogP contribution is -2.52. The van der Waals surface area contributed by atoms with Crippen LogP contribution in [-0.4, -0.2) is 31.1 Å². The minimum absolute atomic E-state index is 0.339. The molecule has 0 amide bonds. The molecular formula is C31H31O4P. The van der Waals surface area contributed by atoms with Gasteiger partial charge in [-0.3, -0.25) is 0 Å². The third kappa shape index (κ3) is 5.53. The van der Waals surface area contributed by atoms with Gasteiger partial charge in [0.2, 0.25) is 0 Å². The fraction of sp³-hybridized carbons (Fsp3) is 0.226. The summed E-state index contributed by atoms with van der Waals surface area (Å²) in [6.07, 6.45) is -0.762. The van der Waals surface area contributed by atoms with Crippen molar-refractivity contribution in [3.8, 4) is 0 Å². The second kappa shape index (κ2) is 11.8. The second-order valence-electron chi connectivity index (χ2n) is 9.03. The molecule has 36 heavy (non-hydrogen) atoms. The molecule has 0 radical (unpaired) electrons. The fourth-order valence-electron chi connectivity index (χ4n) is 4.79. The van der Waals surface area contributed by atoms with Crippen LogP contribution in [-0.2, 0) is 32.0 Å². The summed E-state index contributed by atoms with van der Waals surface area (Å²) in [6, 6.07) is 39.6. The van der Waals surface area contributed by atoms with Crippen LogP contribution in [0.5, 0.6) is 0 Å². The molecule has 1 heterocycles. The van der Waals surface area contributed by atoms with Crippen molar-refractivity contribution in [2.75, 3.05) is 13.2 Å². The fourth-order valence-corrected chi connectivity index (χ4v) is 8.09. The molecule has 5 heteroatoms. The Hall–Kier alpha value is -3.01. The first kappa shape index (κ1) is 24.7. The normalized spacial score (nSPS) is 20.2. The molecule has 1 fully saturated rings. The second-order valence-corrected chi connectivity index (χ2v) is 12.0. The molecule has 0 spiro atoms. The maximum atomic E-state index is 15.2. The van der Waals surface area contributed by atoms with Crippen molar-refractivity contribution in [2.24, 2.45) is 0 Å². The highest BCUT2D eigenvalue weighted by molar-refractivity contribution is 7.79. The summed E-state index contributed by atoms with van der Waals surface area (Å²) in [5.41, 5.74) is 1.76. The van der Waals surface area contributed by atoms with Gasteiger partial charge in [0.1, 0.15) is 6.10 Å². The van der Waals surface area contributed by atoms with Crippen molar-refractivity contribution in [3.63, 3.8) is 0 Å². The van der Waals surface area contributed by atoms with Crippen LogP contribution in [0.3, 0.4) is 0 Å². The Morgan fingerprint density at radius 2 is 1.06 bits per heavy atom. The van der Waals surface area contributed by atoms with E-state index in [9.17, 15) is 0 Å². The Bertz CT molecular complexity index is 1210. The molecular weight excluding hydrogens is 467 g/mol. The van der Waals surface area contributed by atoms with Crippen molar-refractivity contribution in [1.29, 1.82) is 0 Å². The first-order chi connectivity index (χ1) is 17.7. The molecule has 3 atom stereocenters. The monoisotopic (exact) mass is 498 g/mol. The molecule has 0 saturated carbocycles. The smallest absolute Gasteiger partial charge is 0.151 e. The lowest BCUT2D eigenvalue weighted by Gasteiger charge is -2.41. The Balaban J connectivity index is 1.50. The van der Waals surface area contributed by atoms with E-state index in [1.807, 2.05) is 121 Å². The summed E-state index contributed by atoms with van der Waals surface area (Å²) in [5, 5.41) is 1.61. The number of ether oxygens (including phenoxy) is 3. The van der Waals surface area contributed by atoms with Crippen LogP contribution in [0.15, 0.2) is 121 Å². The van der Waals surface area contributed by atoms with Gasteiger partial charge in [0.15, 0.2) is 7.14 Å². The first-order valence-electron chi connectivity index (χ1n) is 12.3. The summed E-state index contributed by atoms with van der Waals surface area (Å²) in [7, 11) is -3.14. The van der Waals surface area contributed by atoms with Gasteiger partial charge in [-0.25, -0.2) is 0 Å². The average Bonchev–Trinajstić information content (AvgIpc) is 2.96. The van der Waals surface area contributed by atoms with Gasteiger partial charge in [-0.05, 0) is 11.1 Å². The molecule has 1 saturated heterocycles. The van der Waals surface area contributed by atoms with Crippen LogP contribution in [0.2, 0.25) is 0 Å². The molecule has 5 rings (SSSR count). The van der Waals surface area contributed by atoms with Crippen LogP contribution in [0.25, 0.3) is 0 Å². The van der Waals surface area contributed by atoms with E-state index >= 15 is 4.57 Å². The standard InChI is InChI=1S/C31H31O4P/c32-36(27-17-9-3-10-18-27,28-19-11-4-12-20-28)30-24-33-23-29(34-21-25-13-5-1-6-14-25)31(30)35-22-26-15-7-2-8-16-26/h1-20,29-31H,21-24H2/t29-,30-,31-/m0/s1. The van der Waals surface area contributed by atoms with E-state index < -0.39 is 13.2 Å². The molecule has 0 unspecified atom stereocenters. The lowest BCUT2D eigenvalue weighted by molar-refractivity contribution is -0.146. The Kier molecular flexibility index (Phi) is 8.10. The maximum Gasteiger partial charge on any atom is 0.151 e. The van der Waals surface area contributed by atoms with Crippen molar-refractivity contribution < 1.29 is 18.8 Å². The summed E-state index contributed by atoms with van der Waals surface area (Å²) in [5.74, 6) is 0. The third-order valence-electron chi connectivity index (χ3n) is 6.66. The zero-order chi connectivity index (χ0) is 24.6.